The van der Waals surface area contributed by atoms with Crippen LogP contribution in [0.2, 0.25) is 0 Å². The summed E-state index contributed by atoms with van der Waals surface area (Å²) in [7, 11) is 0. The van der Waals surface area contributed by atoms with Crippen LogP contribution < -0.4 is 5.32 Å². The largest absolute Gasteiger partial charge is 0.315 e. The van der Waals surface area contributed by atoms with E-state index >= 15 is 0 Å². The van der Waals surface area contributed by atoms with Crippen LogP contribution in [-0.2, 0) is 0 Å². The van der Waals surface area contributed by atoms with Crippen LogP contribution in [0.4, 0.5) is 0 Å². The molecule has 0 unspecified atom stereocenters. The number of nitriles is 1. The van der Waals surface area contributed by atoms with Crippen LogP contribution in [0.15, 0.2) is 0 Å². The molecule has 0 aromatic carbocycles. The summed E-state index contributed by atoms with van der Waals surface area (Å²) in [4.78, 5) is 0. The summed E-state index contributed by atoms with van der Waals surface area (Å²) >= 11 is 0. The predicted molar refractivity (Wildman–Crippen MR) is 46.6 cm³/mol. The van der Waals surface area contributed by atoms with Gasteiger partial charge in [-0.25, -0.2) is 0 Å². The molecule has 52 valence electrons. The van der Waals surface area contributed by atoms with Crippen molar-refractivity contribution in [2.45, 2.75) is 13.3 Å². The summed E-state index contributed by atoms with van der Waals surface area (Å²) in [5.41, 5.74) is -0.0694. The molecule has 9 heavy (non-hydrogen) atoms. The van der Waals surface area contributed by atoms with Crippen LogP contribution in [0.25, 0.3) is 0 Å². The molecule has 1 heterocycles. The quantitative estimate of drug-likeness (QED) is 0.642. The second-order valence-electron chi connectivity index (χ2n) is 2.60. The van der Waals surface area contributed by atoms with E-state index in [9.17, 15) is 0 Å². The maximum atomic E-state index is 8.54. The molecule has 1 N–H and O–H groups in total. The lowest BCUT2D eigenvalue weighted by Gasteiger charge is -2.08. The highest BCUT2D eigenvalue weighted by Gasteiger charge is 2.27. The molecule has 1 fully saturated rings. The third kappa shape index (κ3) is 2.11. The van der Waals surface area contributed by atoms with Crippen molar-refractivity contribution in [3.63, 3.8) is 0 Å². The van der Waals surface area contributed by atoms with Crippen LogP contribution in [0.1, 0.15) is 13.3 Å². The number of halogens is 1. The zero-order valence-corrected chi connectivity index (χ0v) is 7.81. The topological polar surface area (TPSA) is 35.8 Å². The third-order valence-corrected chi connectivity index (χ3v) is 1.64. The lowest BCUT2D eigenvalue weighted by molar-refractivity contribution is 0.496. The van der Waals surface area contributed by atoms with Crippen molar-refractivity contribution in [1.29, 1.82) is 5.26 Å². The number of nitrogens with zero attached hydrogens (tertiary/aromatic N) is 1. The molecule has 0 bridgehead atoms. The van der Waals surface area contributed by atoms with Crippen molar-refractivity contribution < 1.29 is 0 Å². The number of hydrogen-bond donors (Lipinski definition) is 1. The fraction of sp³-hybridized carbons (Fsp3) is 0.833. The van der Waals surface area contributed by atoms with Gasteiger partial charge in [-0.05, 0) is 19.9 Å². The molecule has 0 aliphatic carbocycles. The fourth-order valence-electron chi connectivity index (χ4n) is 0.912. The van der Waals surface area contributed by atoms with E-state index in [2.05, 4.69) is 11.4 Å². The van der Waals surface area contributed by atoms with Gasteiger partial charge in [-0.2, -0.15) is 5.26 Å². The minimum absolute atomic E-state index is 0. The smallest absolute Gasteiger partial charge is 0.0700 e. The van der Waals surface area contributed by atoms with Crippen LogP contribution in [0.5, 0.6) is 0 Å². The van der Waals surface area contributed by atoms with Crippen molar-refractivity contribution in [3.8, 4) is 6.07 Å². The Labute approximate surface area is 72.6 Å². The van der Waals surface area contributed by atoms with Gasteiger partial charge >= 0.3 is 0 Å². The highest BCUT2D eigenvalue weighted by Crippen LogP contribution is 2.21. The molecule has 1 rings (SSSR count). The maximum absolute atomic E-state index is 8.54. The van der Waals surface area contributed by atoms with Crippen LogP contribution in [-0.4, -0.2) is 13.1 Å². The average Bonchev–Trinajstić information content (AvgIpc) is 2.17. The second-order valence-corrected chi connectivity index (χ2v) is 2.60. The maximum Gasteiger partial charge on any atom is 0.0700 e. The third-order valence-electron chi connectivity index (χ3n) is 1.64. The van der Waals surface area contributed by atoms with Gasteiger partial charge in [0.05, 0.1) is 11.5 Å². The van der Waals surface area contributed by atoms with Gasteiger partial charge in [-0.3, -0.25) is 0 Å². The van der Waals surface area contributed by atoms with E-state index in [1.165, 1.54) is 0 Å². The molecular formula is C6H11IN2. The van der Waals surface area contributed by atoms with E-state index in [0.29, 0.717) is 0 Å². The Hall–Kier alpha value is 0.180. The van der Waals surface area contributed by atoms with Gasteiger partial charge in [0.15, 0.2) is 0 Å². The van der Waals surface area contributed by atoms with Crippen LogP contribution in [0.3, 0.4) is 0 Å². The van der Waals surface area contributed by atoms with Crippen molar-refractivity contribution >= 4 is 24.0 Å². The minimum atomic E-state index is -0.0694. The van der Waals surface area contributed by atoms with E-state index in [-0.39, 0.29) is 29.4 Å². The molecule has 0 radical (unpaired) electrons. The van der Waals surface area contributed by atoms with E-state index in [1.807, 2.05) is 6.92 Å². The average molecular weight is 238 g/mol. The molecule has 2 nitrogen and oxygen atoms in total. The second kappa shape index (κ2) is 3.37. The van der Waals surface area contributed by atoms with Crippen molar-refractivity contribution in [2.75, 3.05) is 13.1 Å². The Morgan fingerprint density at radius 3 is 2.56 bits per heavy atom. The molecule has 0 spiro atoms. The van der Waals surface area contributed by atoms with E-state index in [4.69, 9.17) is 5.26 Å². The molecule has 1 aliphatic heterocycles. The van der Waals surface area contributed by atoms with E-state index < -0.39 is 0 Å². The van der Waals surface area contributed by atoms with Gasteiger partial charge in [0.1, 0.15) is 0 Å². The summed E-state index contributed by atoms with van der Waals surface area (Å²) in [5, 5.41) is 11.7. The summed E-state index contributed by atoms with van der Waals surface area (Å²) in [6, 6.07) is 2.28. The van der Waals surface area contributed by atoms with Gasteiger partial charge in [-0.15, -0.1) is 24.0 Å². The highest BCUT2D eigenvalue weighted by molar-refractivity contribution is 14.0. The Morgan fingerprint density at radius 1 is 1.67 bits per heavy atom. The standard InChI is InChI=1S/C6H10N2.HI/c1-6(4-7)2-3-8-5-6;/h8H,2-3,5H2,1H3;1H/t6-;/m0./s1. The molecule has 3 heteroatoms. The Balaban J connectivity index is 0.000000640. The molecule has 1 atom stereocenters. The molecule has 0 amide bonds. The lowest BCUT2D eigenvalue weighted by atomic mass is 9.92. The zero-order valence-electron chi connectivity index (χ0n) is 5.48. The van der Waals surface area contributed by atoms with Crippen molar-refractivity contribution in [1.82, 2.24) is 5.32 Å². The Morgan fingerprint density at radius 2 is 2.33 bits per heavy atom. The molecule has 1 aliphatic rings. The molecule has 0 saturated carbocycles. The number of hydrogen-bond acceptors (Lipinski definition) is 2. The SMILES string of the molecule is C[C@@]1(C#N)CCNC1.I. The number of rotatable bonds is 0. The van der Waals surface area contributed by atoms with Crippen molar-refractivity contribution in [2.24, 2.45) is 5.41 Å². The molecule has 0 aromatic rings. The van der Waals surface area contributed by atoms with Gasteiger partial charge in [-0.1, -0.05) is 0 Å². The minimum Gasteiger partial charge on any atom is -0.315 e. The first-order valence-electron chi connectivity index (χ1n) is 2.89. The Kier molecular flexibility index (Phi) is 3.44. The summed E-state index contributed by atoms with van der Waals surface area (Å²) in [5.74, 6) is 0. The normalized spacial score (nSPS) is 32.9. The first-order valence-corrected chi connectivity index (χ1v) is 2.89. The van der Waals surface area contributed by atoms with Crippen molar-refractivity contribution in [3.05, 3.63) is 0 Å². The van der Waals surface area contributed by atoms with E-state index in [0.717, 1.165) is 19.5 Å². The van der Waals surface area contributed by atoms with E-state index in [1.54, 1.807) is 0 Å². The fourth-order valence-corrected chi connectivity index (χ4v) is 0.912. The first kappa shape index (κ1) is 9.18. The van der Waals surface area contributed by atoms with Gasteiger partial charge < -0.3 is 5.32 Å². The summed E-state index contributed by atoms with van der Waals surface area (Å²) in [6.45, 7) is 3.86. The number of nitrogens with one attached hydrogen (secondary N) is 1. The lowest BCUT2D eigenvalue weighted by Crippen LogP contribution is -2.17. The van der Waals surface area contributed by atoms with Gasteiger partial charge in [0, 0.05) is 6.54 Å². The summed E-state index contributed by atoms with van der Waals surface area (Å²) < 4.78 is 0. The van der Waals surface area contributed by atoms with Crippen LogP contribution >= 0.6 is 24.0 Å². The summed E-state index contributed by atoms with van der Waals surface area (Å²) in [6.07, 6.45) is 1.00. The predicted octanol–water partition coefficient (Wildman–Crippen LogP) is 1.13. The Bertz CT molecular complexity index is 122. The molecule has 0 aromatic heterocycles. The monoisotopic (exact) mass is 238 g/mol. The highest BCUT2D eigenvalue weighted by atomic mass is 127. The molecule has 1 saturated heterocycles. The van der Waals surface area contributed by atoms with Gasteiger partial charge in [0.25, 0.3) is 0 Å². The first-order chi connectivity index (χ1) is 3.77. The molecular weight excluding hydrogens is 227 g/mol. The van der Waals surface area contributed by atoms with Crippen LogP contribution in [0, 0.1) is 16.7 Å². The zero-order chi connectivity index (χ0) is 6.04. The van der Waals surface area contributed by atoms with Gasteiger partial charge in [0.2, 0.25) is 0 Å².